The summed E-state index contributed by atoms with van der Waals surface area (Å²) in [4.78, 5) is 0. The second-order valence-corrected chi connectivity index (χ2v) is 4.07. The topological polar surface area (TPSA) is 9.23 Å². The van der Waals surface area contributed by atoms with Crippen molar-refractivity contribution in [3.8, 4) is 0 Å². The van der Waals surface area contributed by atoms with E-state index in [9.17, 15) is 0 Å². The van der Waals surface area contributed by atoms with Gasteiger partial charge in [-0.25, -0.2) is 0 Å². The summed E-state index contributed by atoms with van der Waals surface area (Å²) in [5.41, 5.74) is 2.68. The zero-order valence-electron chi connectivity index (χ0n) is 8.86. The normalized spacial score (nSPS) is 19.4. The zero-order valence-corrected chi connectivity index (χ0v) is 8.86. The minimum absolute atomic E-state index is 0.281. The minimum Gasteiger partial charge on any atom is -0.369 e. The van der Waals surface area contributed by atoms with E-state index in [1.54, 1.807) is 0 Å². The Bertz CT molecular complexity index is 496. The van der Waals surface area contributed by atoms with Gasteiger partial charge in [0, 0.05) is 0 Å². The summed E-state index contributed by atoms with van der Waals surface area (Å²) in [6, 6.07) is 13.0. The molecule has 0 amide bonds. The van der Waals surface area contributed by atoms with E-state index in [0.717, 1.165) is 13.0 Å². The fraction of sp³-hybridized carbons (Fsp3) is 0.286. The van der Waals surface area contributed by atoms with Gasteiger partial charge in [0.2, 0.25) is 0 Å². The third-order valence-electron chi connectivity index (χ3n) is 3.18. The van der Waals surface area contributed by atoms with Crippen molar-refractivity contribution in [2.75, 3.05) is 0 Å². The van der Waals surface area contributed by atoms with E-state index in [1.165, 1.54) is 21.9 Å². The van der Waals surface area contributed by atoms with Crippen LogP contribution in [0.5, 0.6) is 0 Å². The molecule has 0 saturated carbocycles. The Morgan fingerprint density at radius 2 is 2.00 bits per heavy atom. The van der Waals surface area contributed by atoms with Crippen molar-refractivity contribution in [2.45, 2.75) is 26.1 Å². The first-order valence-electron chi connectivity index (χ1n) is 5.52. The molecule has 2 aromatic rings. The van der Waals surface area contributed by atoms with Gasteiger partial charge in [-0.3, -0.25) is 0 Å². The molecule has 15 heavy (non-hydrogen) atoms. The monoisotopic (exact) mass is 198 g/mol. The van der Waals surface area contributed by atoms with Crippen molar-refractivity contribution >= 4 is 10.8 Å². The lowest BCUT2D eigenvalue weighted by atomic mass is 9.93. The Kier molecular flexibility index (Phi) is 2.00. The van der Waals surface area contributed by atoms with Gasteiger partial charge in [-0.05, 0) is 28.3 Å². The maximum Gasteiger partial charge on any atom is 0.0833 e. The van der Waals surface area contributed by atoms with Crippen LogP contribution >= 0.6 is 0 Å². The minimum atomic E-state index is 0.281. The third kappa shape index (κ3) is 1.27. The fourth-order valence-corrected chi connectivity index (χ4v) is 2.46. The maximum absolute atomic E-state index is 5.84. The molecule has 76 valence electrons. The predicted octanol–water partition coefficient (Wildman–Crippen LogP) is 3.82. The summed E-state index contributed by atoms with van der Waals surface area (Å²) in [7, 11) is 0. The van der Waals surface area contributed by atoms with E-state index in [-0.39, 0.29) is 6.10 Å². The zero-order chi connectivity index (χ0) is 10.3. The van der Waals surface area contributed by atoms with E-state index in [1.807, 2.05) is 0 Å². The first kappa shape index (κ1) is 8.93. The van der Waals surface area contributed by atoms with Crippen molar-refractivity contribution in [1.82, 2.24) is 0 Å². The van der Waals surface area contributed by atoms with Gasteiger partial charge in [0.05, 0.1) is 12.7 Å². The Hall–Kier alpha value is -1.34. The third-order valence-corrected chi connectivity index (χ3v) is 3.18. The van der Waals surface area contributed by atoms with Crippen LogP contribution in [-0.4, -0.2) is 0 Å². The largest absolute Gasteiger partial charge is 0.369 e. The lowest BCUT2D eigenvalue weighted by molar-refractivity contribution is 0.0334. The number of ether oxygens (including phenoxy) is 1. The van der Waals surface area contributed by atoms with Crippen LogP contribution < -0.4 is 0 Å². The molecule has 1 aliphatic rings. The summed E-state index contributed by atoms with van der Waals surface area (Å²) < 4.78 is 5.84. The van der Waals surface area contributed by atoms with Gasteiger partial charge >= 0.3 is 0 Å². The highest BCUT2D eigenvalue weighted by Crippen LogP contribution is 2.36. The highest BCUT2D eigenvalue weighted by molar-refractivity contribution is 5.89. The summed E-state index contributed by atoms with van der Waals surface area (Å²) >= 11 is 0. The van der Waals surface area contributed by atoms with Gasteiger partial charge in [0.25, 0.3) is 0 Å². The number of hydrogen-bond donors (Lipinski definition) is 0. The standard InChI is InChI=1S/C14H14O/c1-2-13-12-8-4-6-10-5-3-7-11(9-15-13)14(10)12/h3-8,13H,2,9H2,1H3. The lowest BCUT2D eigenvalue weighted by Gasteiger charge is -2.25. The molecule has 1 heterocycles. The lowest BCUT2D eigenvalue weighted by Crippen LogP contribution is -2.10. The molecule has 0 spiro atoms. The van der Waals surface area contributed by atoms with Gasteiger partial charge in [0.1, 0.15) is 0 Å². The smallest absolute Gasteiger partial charge is 0.0833 e. The first-order chi connectivity index (χ1) is 7.40. The number of benzene rings is 2. The van der Waals surface area contributed by atoms with Gasteiger partial charge in [0.15, 0.2) is 0 Å². The van der Waals surface area contributed by atoms with E-state index >= 15 is 0 Å². The average Bonchev–Trinajstić information content (AvgIpc) is 2.30. The van der Waals surface area contributed by atoms with Crippen LogP contribution in [0.15, 0.2) is 36.4 Å². The molecule has 0 saturated heterocycles. The van der Waals surface area contributed by atoms with Gasteiger partial charge in [-0.2, -0.15) is 0 Å². The van der Waals surface area contributed by atoms with Crippen molar-refractivity contribution in [2.24, 2.45) is 0 Å². The summed E-state index contributed by atoms with van der Waals surface area (Å²) in [6.07, 6.45) is 1.33. The van der Waals surface area contributed by atoms with Crippen molar-refractivity contribution < 1.29 is 4.74 Å². The quantitative estimate of drug-likeness (QED) is 0.676. The van der Waals surface area contributed by atoms with E-state index in [4.69, 9.17) is 4.74 Å². The molecule has 1 nitrogen and oxygen atoms in total. The Balaban J connectivity index is 2.36. The molecule has 0 radical (unpaired) electrons. The van der Waals surface area contributed by atoms with Gasteiger partial charge < -0.3 is 4.74 Å². The molecular weight excluding hydrogens is 184 g/mol. The summed E-state index contributed by atoms with van der Waals surface area (Å²) in [5.74, 6) is 0. The predicted molar refractivity (Wildman–Crippen MR) is 61.8 cm³/mol. The fourth-order valence-electron chi connectivity index (χ4n) is 2.46. The molecule has 2 aromatic carbocycles. The molecule has 0 bridgehead atoms. The van der Waals surface area contributed by atoms with Crippen molar-refractivity contribution in [1.29, 1.82) is 0 Å². The molecule has 0 N–H and O–H groups in total. The van der Waals surface area contributed by atoms with Gasteiger partial charge in [-0.1, -0.05) is 43.3 Å². The molecule has 1 atom stereocenters. The van der Waals surface area contributed by atoms with E-state index < -0.39 is 0 Å². The van der Waals surface area contributed by atoms with Crippen LogP contribution in [0.25, 0.3) is 10.8 Å². The van der Waals surface area contributed by atoms with Crippen LogP contribution in [-0.2, 0) is 11.3 Å². The first-order valence-corrected chi connectivity index (χ1v) is 5.52. The Labute approximate surface area is 89.7 Å². The second kappa shape index (κ2) is 3.35. The SMILES string of the molecule is CCC1OCc2cccc3cccc1c23. The molecule has 1 aliphatic heterocycles. The van der Waals surface area contributed by atoms with Crippen molar-refractivity contribution in [3.05, 3.63) is 47.5 Å². The Morgan fingerprint density at radius 1 is 1.20 bits per heavy atom. The van der Waals surface area contributed by atoms with Crippen LogP contribution in [0.3, 0.4) is 0 Å². The van der Waals surface area contributed by atoms with E-state index in [2.05, 4.69) is 43.3 Å². The van der Waals surface area contributed by atoms with Crippen LogP contribution in [0.1, 0.15) is 30.6 Å². The molecular formula is C14H14O. The number of hydrogen-bond acceptors (Lipinski definition) is 1. The molecule has 0 fully saturated rings. The summed E-state index contributed by atoms with van der Waals surface area (Å²) in [6.45, 7) is 2.93. The van der Waals surface area contributed by atoms with Gasteiger partial charge in [-0.15, -0.1) is 0 Å². The molecule has 1 unspecified atom stereocenters. The van der Waals surface area contributed by atoms with Crippen LogP contribution in [0.2, 0.25) is 0 Å². The summed E-state index contributed by atoms with van der Waals surface area (Å²) in [5, 5.41) is 2.75. The van der Waals surface area contributed by atoms with E-state index in [0.29, 0.717) is 0 Å². The second-order valence-electron chi connectivity index (χ2n) is 4.07. The molecule has 0 aromatic heterocycles. The maximum atomic E-state index is 5.84. The number of rotatable bonds is 1. The van der Waals surface area contributed by atoms with Crippen molar-refractivity contribution in [3.63, 3.8) is 0 Å². The highest BCUT2D eigenvalue weighted by Gasteiger charge is 2.19. The highest BCUT2D eigenvalue weighted by atomic mass is 16.5. The molecule has 3 rings (SSSR count). The van der Waals surface area contributed by atoms with Crippen LogP contribution in [0.4, 0.5) is 0 Å². The average molecular weight is 198 g/mol. The molecule has 0 aliphatic carbocycles. The Morgan fingerprint density at radius 3 is 2.80 bits per heavy atom. The van der Waals surface area contributed by atoms with Crippen LogP contribution in [0, 0.1) is 0 Å². The molecule has 1 heteroatoms.